The molecule has 0 amide bonds. The van der Waals surface area contributed by atoms with Gasteiger partial charge in [-0.3, -0.25) is 4.98 Å². The van der Waals surface area contributed by atoms with Crippen molar-refractivity contribution in [3.8, 4) is 0 Å². The van der Waals surface area contributed by atoms with Gasteiger partial charge >= 0.3 is 0 Å². The average Bonchev–Trinajstić information content (AvgIpc) is 2.85. The maximum atomic E-state index is 6.00. The molecule has 108 valence electrons. The van der Waals surface area contributed by atoms with Gasteiger partial charge in [-0.25, -0.2) is 0 Å². The van der Waals surface area contributed by atoms with Gasteiger partial charge in [-0.05, 0) is 49.6 Å². The number of hydrogen-bond donors (Lipinski definition) is 1. The van der Waals surface area contributed by atoms with Gasteiger partial charge in [0.05, 0.1) is 4.34 Å². The van der Waals surface area contributed by atoms with E-state index in [0.717, 1.165) is 22.1 Å². The van der Waals surface area contributed by atoms with Crippen LogP contribution < -0.4 is 5.73 Å². The SMILES string of the molecule is CC(N)C(OCCCc1ccncc1)c1ccc(Cl)s1. The molecule has 20 heavy (non-hydrogen) atoms. The minimum Gasteiger partial charge on any atom is -0.371 e. The predicted octanol–water partition coefficient (Wildman–Crippen LogP) is 3.83. The summed E-state index contributed by atoms with van der Waals surface area (Å²) < 4.78 is 6.71. The lowest BCUT2D eigenvalue weighted by molar-refractivity contribution is 0.0394. The molecule has 2 unspecified atom stereocenters. The van der Waals surface area contributed by atoms with Crippen LogP contribution in [0.5, 0.6) is 0 Å². The lowest BCUT2D eigenvalue weighted by atomic mass is 10.1. The quantitative estimate of drug-likeness (QED) is 0.791. The normalized spacial score (nSPS) is 14.2. The zero-order chi connectivity index (χ0) is 14.4. The monoisotopic (exact) mass is 310 g/mol. The molecule has 2 N–H and O–H groups in total. The van der Waals surface area contributed by atoms with E-state index >= 15 is 0 Å². The highest BCUT2D eigenvalue weighted by atomic mass is 35.5. The van der Waals surface area contributed by atoms with Gasteiger partial charge in [-0.2, -0.15) is 0 Å². The molecule has 0 aromatic carbocycles. The fraction of sp³-hybridized carbons (Fsp3) is 0.400. The second-order valence-corrected chi connectivity index (χ2v) is 6.50. The van der Waals surface area contributed by atoms with Crippen molar-refractivity contribution in [2.75, 3.05) is 6.61 Å². The molecule has 0 spiro atoms. The van der Waals surface area contributed by atoms with Gasteiger partial charge < -0.3 is 10.5 Å². The highest BCUT2D eigenvalue weighted by molar-refractivity contribution is 7.16. The first-order valence-corrected chi connectivity index (χ1v) is 7.87. The van der Waals surface area contributed by atoms with Gasteiger partial charge in [0.1, 0.15) is 6.10 Å². The number of pyridine rings is 1. The van der Waals surface area contributed by atoms with Crippen LogP contribution >= 0.6 is 22.9 Å². The summed E-state index contributed by atoms with van der Waals surface area (Å²) in [5.41, 5.74) is 7.28. The Balaban J connectivity index is 1.81. The fourth-order valence-electron chi connectivity index (χ4n) is 2.01. The first-order chi connectivity index (χ1) is 9.66. The second-order valence-electron chi connectivity index (χ2n) is 4.75. The molecule has 0 aliphatic carbocycles. The smallest absolute Gasteiger partial charge is 0.106 e. The molecule has 0 saturated carbocycles. The van der Waals surface area contributed by atoms with Crippen LogP contribution in [0.15, 0.2) is 36.7 Å². The summed E-state index contributed by atoms with van der Waals surface area (Å²) >= 11 is 7.50. The molecule has 2 aromatic rings. The molecule has 0 aliphatic heterocycles. The number of aryl methyl sites for hydroxylation is 1. The van der Waals surface area contributed by atoms with Crippen LogP contribution in [-0.2, 0) is 11.2 Å². The van der Waals surface area contributed by atoms with E-state index in [-0.39, 0.29) is 12.1 Å². The molecule has 2 atom stereocenters. The number of aromatic nitrogens is 1. The minimum atomic E-state index is -0.0788. The molecule has 2 heterocycles. The van der Waals surface area contributed by atoms with Crippen molar-refractivity contribution >= 4 is 22.9 Å². The van der Waals surface area contributed by atoms with Gasteiger partial charge in [0.25, 0.3) is 0 Å². The number of halogens is 1. The van der Waals surface area contributed by atoms with E-state index in [1.54, 1.807) is 0 Å². The molecule has 0 saturated heterocycles. The van der Waals surface area contributed by atoms with E-state index < -0.39 is 0 Å². The summed E-state index contributed by atoms with van der Waals surface area (Å²) in [6.07, 6.45) is 5.50. The van der Waals surface area contributed by atoms with Crippen molar-refractivity contribution in [2.45, 2.75) is 31.9 Å². The lowest BCUT2D eigenvalue weighted by Gasteiger charge is -2.20. The van der Waals surface area contributed by atoms with Crippen molar-refractivity contribution in [1.29, 1.82) is 0 Å². The van der Waals surface area contributed by atoms with E-state index in [4.69, 9.17) is 22.1 Å². The molecule has 0 bridgehead atoms. The Kier molecular flexibility index (Phi) is 5.98. The lowest BCUT2D eigenvalue weighted by Crippen LogP contribution is -2.26. The van der Waals surface area contributed by atoms with Crippen molar-refractivity contribution in [1.82, 2.24) is 4.98 Å². The van der Waals surface area contributed by atoms with Crippen LogP contribution in [-0.4, -0.2) is 17.6 Å². The highest BCUT2D eigenvalue weighted by Crippen LogP contribution is 2.30. The van der Waals surface area contributed by atoms with Crippen molar-refractivity contribution in [2.24, 2.45) is 5.73 Å². The Hall–Kier alpha value is -0.940. The Morgan fingerprint density at radius 2 is 2.05 bits per heavy atom. The van der Waals surface area contributed by atoms with Crippen LogP contribution in [0.2, 0.25) is 4.34 Å². The van der Waals surface area contributed by atoms with Crippen LogP contribution in [0.4, 0.5) is 0 Å². The molecule has 2 aromatic heterocycles. The first-order valence-electron chi connectivity index (χ1n) is 6.68. The number of nitrogens with zero attached hydrogens (tertiary/aromatic N) is 1. The third-order valence-corrected chi connectivity index (χ3v) is 4.30. The number of ether oxygens (including phenoxy) is 1. The number of nitrogens with two attached hydrogens (primary N) is 1. The first kappa shape index (κ1) is 15.4. The van der Waals surface area contributed by atoms with Crippen molar-refractivity contribution in [3.05, 3.63) is 51.4 Å². The molecule has 0 fully saturated rings. The Morgan fingerprint density at radius 1 is 1.30 bits per heavy atom. The number of rotatable bonds is 7. The fourth-order valence-corrected chi connectivity index (χ4v) is 3.24. The van der Waals surface area contributed by atoms with Gasteiger partial charge in [-0.1, -0.05) is 11.6 Å². The minimum absolute atomic E-state index is 0.0503. The van der Waals surface area contributed by atoms with Gasteiger partial charge in [0, 0.05) is 29.9 Å². The molecule has 0 radical (unpaired) electrons. The maximum absolute atomic E-state index is 6.00. The number of thiophene rings is 1. The van der Waals surface area contributed by atoms with Crippen LogP contribution in [0.3, 0.4) is 0 Å². The van der Waals surface area contributed by atoms with Gasteiger partial charge in [0.15, 0.2) is 0 Å². The summed E-state index contributed by atoms with van der Waals surface area (Å²) in [5.74, 6) is 0. The van der Waals surface area contributed by atoms with Crippen LogP contribution in [0.25, 0.3) is 0 Å². The van der Waals surface area contributed by atoms with Crippen molar-refractivity contribution in [3.63, 3.8) is 0 Å². The molecule has 3 nitrogen and oxygen atoms in total. The van der Waals surface area contributed by atoms with E-state index in [1.165, 1.54) is 16.9 Å². The van der Waals surface area contributed by atoms with E-state index in [2.05, 4.69) is 4.98 Å². The van der Waals surface area contributed by atoms with Crippen molar-refractivity contribution < 1.29 is 4.74 Å². The highest BCUT2D eigenvalue weighted by Gasteiger charge is 2.18. The van der Waals surface area contributed by atoms with E-state index in [1.807, 2.05) is 43.6 Å². The molecular weight excluding hydrogens is 292 g/mol. The summed E-state index contributed by atoms with van der Waals surface area (Å²) in [6.45, 7) is 2.64. The van der Waals surface area contributed by atoms with Crippen LogP contribution in [0, 0.1) is 0 Å². The molecule has 2 rings (SSSR count). The molecular formula is C15H19ClN2OS. The third-order valence-electron chi connectivity index (χ3n) is 3.01. The Morgan fingerprint density at radius 3 is 2.65 bits per heavy atom. The van der Waals surface area contributed by atoms with Gasteiger partial charge in [-0.15, -0.1) is 11.3 Å². The van der Waals surface area contributed by atoms with Crippen LogP contribution in [0.1, 0.15) is 29.9 Å². The van der Waals surface area contributed by atoms with Gasteiger partial charge in [0.2, 0.25) is 0 Å². The summed E-state index contributed by atoms with van der Waals surface area (Å²) in [6, 6.07) is 7.89. The Labute approximate surface area is 128 Å². The zero-order valence-electron chi connectivity index (χ0n) is 11.5. The third kappa shape index (κ3) is 4.56. The molecule has 0 aliphatic rings. The maximum Gasteiger partial charge on any atom is 0.106 e. The summed E-state index contributed by atoms with van der Waals surface area (Å²) in [5, 5.41) is 0. The largest absolute Gasteiger partial charge is 0.371 e. The second kappa shape index (κ2) is 7.74. The zero-order valence-corrected chi connectivity index (χ0v) is 13.0. The van der Waals surface area contributed by atoms with E-state index in [9.17, 15) is 0 Å². The average molecular weight is 311 g/mol. The molecule has 5 heteroatoms. The predicted molar refractivity (Wildman–Crippen MR) is 84.2 cm³/mol. The Bertz CT molecular complexity index is 516. The standard InChI is InChI=1S/C15H19ClN2OS/c1-11(17)15(13-4-5-14(16)20-13)19-10-2-3-12-6-8-18-9-7-12/h4-9,11,15H,2-3,10,17H2,1H3. The number of hydrogen-bond acceptors (Lipinski definition) is 4. The topological polar surface area (TPSA) is 48.1 Å². The summed E-state index contributed by atoms with van der Waals surface area (Å²) in [4.78, 5) is 5.10. The summed E-state index contributed by atoms with van der Waals surface area (Å²) in [7, 11) is 0. The van der Waals surface area contributed by atoms with E-state index in [0.29, 0.717) is 6.61 Å².